The van der Waals surface area contributed by atoms with E-state index in [1.165, 1.54) is 21.3 Å². The maximum Gasteiger partial charge on any atom is 0.341 e. The van der Waals surface area contributed by atoms with Gasteiger partial charge in [0.05, 0.1) is 24.7 Å². The predicted molar refractivity (Wildman–Crippen MR) is 113 cm³/mol. The molecular formula is C20H29N3O8S. The number of sulfonamides is 1. The molecule has 0 aromatic heterocycles. The maximum absolute atomic E-state index is 13.0. The highest BCUT2D eigenvalue weighted by atomic mass is 32.2. The molecule has 1 amide bonds. The van der Waals surface area contributed by atoms with Crippen LogP contribution in [-0.4, -0.2) is 81.9 Å². The first-order valence-corrected chi connectivity index (χ1v) is 11.7. The van der Waals surface area contributed by atoms with Crippen molar-refractivity contribution < 1.29 is 37.1 Å². The average Bonchev–Trinajstić information content (AvgIpc) is 2.75. The molecule has 1 aromatic rings. The quantitative estimate of drug-likeness (QED) is 0.450. The molecule has 11 nitrogen and oxygen atoms in total. The van der Waals surface area contributed by atoms with Crippen LogP contribution in [0.5, 0.6) is 0 Å². The third-order valence-corrected chi connectivity index (χ3v) is 6.85. The van der Waals surface area contributed by atoms with Crippen molar-refractivity contribution in [2.45, 2.75) is 43.5 Å². The molecule has 12 heteroatoms. The van der Waals surface area contributed by atoms with Crippen LogP contribution in [0.4, 0.5) is 5.69 Å². The highest BCUT2D eigenvalue weighted by Gasteiger charge is 2.43. The number of nitrogens with two attached hydrogens (primary N) is 1. The minimum absolute atomic E-state index is 0.123. The van der Waals surface area contributed by atoms with E-state index in [2.05, 4.69) is 0 Å². The third-order valence-electron chi connectivity index (χ3n) is 4.94. The summed E-state index contributed by atoms with van der Waals surface area (Å²) < 4.78 is 42.9. The Morgan fingerprint density at radius 1 is 1.12 bits per heavy atom. The van der Waals surface area contributed by atoms with Crippen LogP contribution in [0.3, 0.4) is 0 Å². The van der Waals surface area contributed by atoms with Gasteiger partial charge in [-0.3, -0.25) is 9.63 Å². The third kappa shape index (κ3) is 5.45. The molecule has 3 rings (SSSR count). The molecule has 1 aromatic carbocycles. The minimum atomic E-state index is -3.65. The van der Waals surface area contributed by atoms with Gasteiger partial charge < -0.3 is 19.1 Å². The Kier molecular flexibility index (Phi) is 7.53. The number of anilines is 1. The standard InChI is InChI=1S/C20H29N3O8S/c1-20(2,3)30-19(25)17(31-21)16-18(24)23(10-13-29-16)14-4-6-15(7-5-14)32(26,27)22-8-11-28-12-9-22/h4-7,16-17H,8-13,21H2,1-3H3/t16-,17-/m1/s1. The lowest BCUT2D eigenvalue weighted by Gasteiger charge is -2.35. The van der Waals surface area contributed by atoms with Gasteiger partial charge in [0.2, 0.25) is 16.1 Å². The lowest BCUT2D eigenvalue weighted by Crippen LogP contribution is -2.56. The zero-order valence-corrected chi connectivity index (χ0v) is 19.2. The Morgan fingerprint density at radius 2 is 1.75 bits per heavy atom. The molecule has 32 heavy (non-hydrogen) atoms. The van der Waals surface area contributed by atoms with Gasteiger partial charge in [-0.15, -0.1) is 0 Å². The van der Waals surface area contributed by atoms with Crippen molar-refractivity contribution in [3.63, 3.8) is 0 Å². The number of carbonyl (C=O) groups is 2. The summed E-state index contributed by atoms with van der Waals surface area (Å²) >= 11 is 0. The summed E-state index contributed by atoms with van der Waals surface area (Å²) in [7, 11) is -3.65. The maximum atomic E-state index is 13.0. The van der Waals surface area contributed by atoms with E-state index in [0.29, 0.717) is 32.0 Å². The number of hydrogen-bond acceptors (Lipinski definition) is 9. The molecule has 2 heterocycles. The van der Waals surface area contributed by atoms with Crippen molar-refractivity contribution in [1.82, 2.24) is 4.31 Å². The zero-order chi connectivity index (χ0) is 23.5. The first kappa shape index (κ1) is 24.6. The molecule has 0 saturated carbocycles. The zero-order valence-electron chi connectivity index (χ0n) is 18.4. The van der Waals surface area contributed by atoms with Crippen LogP contribution in [0.1, 0.15) is 20.8 Å². The molecule has 0 unspecified atom stereocenters. The number of morpholine rings is 2. The number of nitrogens with zero attached hydrogens (tertiary/aromatic N) is 2. The molecular weight excluding hydrogens is 442 g/mol. The van der Waals surface area contributed by atoms with E-state index in [1.54, 1.807) is 32.9 Å². The molecule has 2 aliphatic heterocycles. The van der Waals surface area contributed by atoms with Crippen LogP contribution >= 0.6 is 0 Å². The van der Waals surface area contributed by atoms with Crippen LogP contribution in [-0.2, 0) is 38.7 Å². The second-order valence-electron chi connectivity index (χ2n) is 8.38. The highest BCUT2D eigenvalue weighted by Crippen LogP contribution is 2.25. The SMILES string of the molecule is CC(C)(C)OC(=O)[C@H](ON)[C@H]1OCCN(c2ccc(S(=O)(=O)N3CCOCC3)cc2)C1=O. The number of benzene rings is 1. The fourth-order valence-electron chi connectivity index (χ4n) is 3.42. The van der Waals surface area contributed by atoms with Gasteiger partial charge >= 0.3 is 5.97 Å². The van der Waals surface area contributed by atoms with E-state index in [9.17, 15) is 18.0 Å². The normalized spacial score (nSPS) is 21.9. The summed E-state index contributed by atoms with van der Waals surface area (Å²) in [5.74, 6) is 3.92. The first-order chi connectivity index (χ1) is 15.0. The van der Waals surface area contributed by atoms with Gasteiger partial charge in [0.1, 0.15) is 5.60 Å². The van der Waals surface area contributed by atoms with Crippen molar-refractivity contribution in [3.8, 4) is 0 Å². The lowest BCUT2D eigenvalue weighted by atomic mass is 10.1. The van der Waals surface area contributed by atoms with E-state index in [-0.39, 0.29) is 18.0 Å². The van der Waals surface area contributed by atoms with Crippen LogP contribution in [0.2, 0.25) is 0 Å². The van der Waals surface area contributed by atoms with Gasteiger partial charge in [0.15, 0.2) is 6.10 Å². The molecule has 2 fully saturated rings. The first-order valence-electron chi connectivity index (χ1n) is 10.2. The van der Waals surface area contributed by atoms with Gasteiger partial charge in [-0.05, 0) is 45.0 Å². The van der Waals surface area contributed by atoms with E-state index < -0.39 is 39.7 Å². The fourth-order valence-corrected chi connectivity index (χ4v) is 4.83. The summed E-state index contributed by atoms with van der Waals surface area (Å²) in [6.07, 6.45) is -2.73. The lowest BCUT2D eigenvalue weighted by molar-refractivity contribution is -0.184. The Bertz CT molecular complexity index is 923. The van der Waals surface area contributed by atoms with Crippen molar-refractivity contribution >= 4 is 27.6 Å². The van der Waals surface area contributed by atoms with Crippen molar-refractivity contribution in [1.29, 1.82) is 0 Å². The monoisotopic (exact) mass is 471 g/mol. The largest absolute Gasteiger partial charge is 0.458 e. The molecule has 0 aliphatic carbocycles. The summed E-state index contributed by atoms with van der Waals surface area (Å²) in [4.78, 5) is 31.7. The van der Waals surface area contributed by atoms with Crippen LogP contribution in [0.15, 0.2) is 29.2 Å². The van der Waals surface area contributed by atoms with E-state index in [0.717, 1.165) is 0 Å². The van der Waals surface area contributed by atoms with E-state index in [4.69, 9.17) is 24.9 Å². The van der Waals surface area contributed by atoms with Gasteiger partial charge in [0, 0.05) is 25.3 Å². The molecule has 2 atom stereocenters. The van der Waals surface area contributed by atoms with Gasteiger partial charge in [-0.25, -0.2) is 19.1 Å². The van der Waals surface area contributed by atoms with Crippen LogP contribution in [0, 0.1) is 0 Å². The summed E-state index contributed by atoms with van der Waals surface area (Å²) in [6.45, 7) is 6.68. The van der Waals surface area contributed by atoms with E-state index >= 15 is 0 Å². The van der Waals surface area contributed by atoms with Crippen molar-refractivity contribution in [3.05, 3.63) is 24.3 Å². The molecule has 0 radical (unpaired) electrons. The Labute approximate surface area is 187 Å². The number of carbonyl (C=O) groups excluding carboxylic acids is 2. The van der Waals surface area contributed by atoms with E-state index in [1.807, 2.05) is 0 Å². The van der Waals surface area contributed by atoms with Gasteiger partial charge in [0.25, 0.3) is 5.91 Å². The topological polar surface area (TPSA) is 138 Å². The predicted octanol–water partition coefficient (Wildman–Crippen LogP) is 0.0399. The molecule has 178 valence electrons. The van der Waals surface area contributed by atoms with Crippen molar-refractivity contribution in [2.24, 2.45) is 5.90 Å². The number of rotatable bonds is 6. The molecule has 0 bridgehead atoms. The van der Waals surface area contributed by atoms with Crippen molar-refractivity contribution in [2.75, 3.05) is 44.4 Å². The number of amides is 1. The Hall–Kier alpha value is -2.09. The number of esters is 1. The van der Waals surface area contributed by atoms with Crippen LogP contribution < -0.4 is 10.8 Å². The number of ether oxygens (including phenoxy) is 3. The fraction of sp³-hybridized carbons (Fsp3) is 0.600. The second-order valence-corrected chi connectivity index (χ2v) is 10.3. The summed E-state index contributed by atoms with van der Waals surface area (Å²) in [6, 6.07) is 5.98. The second kappa shape index (κ2) is 9.81. The number of hydrogen-bond donors (Lipinski definition) is 1. The minimum Gasteiger partial charge on any atom is -0.458 e. The Balaban J connectivity index is 1.76. The molecule has 2 N–H and O–H groups in total. The highest BCUT2D eigenvalue weighted by molar-refractivity contribution is 7.89. The summed E-state index contributed by atoms with van der Waals surface area (Å²) in [5, 5.41) is 0. The van der Waals surface area contributed by atoms with Gasteiger partial charge in [-0.2, -0.15) is 4.31 Å². The van der Waals surface area contributed by atoms with Gasteiger partial charge in [-0.1, -0.05) is 0 Å². The van der Waals surface area contributed by atoms with Crippen LogP contribution in [0.25, 0.3) is 0 Å². The molecule has 2 aliphatic rings. The molecule has 0 spiro atoms. The summed E-state index contributed by atoms with van der Waals surface area (Å²) in [5.41, 5.74) is -0.336. The smallest absolute Gasteiger partial charge is 0.341 e. The Morgan fingerprint density at radius 3 is 2.31 bits per heavy atom. The molecule has 2 saturated heterocycles. The average molecular weight is 472 g/mol.